The van der Waals surface area contributed by atoms with Gasteiger partial charge in [-0.15, -0.1) is 0 Å². The molecule has 0 spiro atoms. The lowest BCUT2D eigenvalue weighted by Crippen LogP contribution is -2.40. The monoisotopic (exact) mass is 523 g/mol. The van der Waals surface area contributed by atoms with Crippen molar-refractivity contribution in [2.75, 3.05) is 10.3 Å². The molecule has 1 aliphatic heterocycles. The summed E-state index contributed by atoms with van der Waals surface area (Å²) in [7, 11) is -4.11. The second-order valence-electron chi connectivity index (χ2n) is 8.03. The molecule has 0 bridgehead atoms. The number of carbonyl (C=O) groups excluding carboxylic acids is 2. The largest absolute Gasteiger partial charge is 0.321 e. The summed E-state index contributed by atoms with van der Waals surface area (Å²) in [5.74, 6) is -2.52. The Kier molecular flexibility index (Phi) is 7.18. The van der Waals surface area contributed by atoms with Crippen LogP contribution in [0.5, 0.6) is 0 Å². The molecule has 0 saturated carbocycles. The van der Waals surface area contributed by atoms with Gasteiger partial charge in [-0.1, -0.05) is 47.5 Å². The first-order valence-corrected chi connectivity index (χ1v) is 12.7. The number of para-hydroxylation sites is 1. The van der Waals surface area contributed by atoms with E-state index in [-0.39, 0.29) is 16.3 Å². The van der Waals surface area contributed by atoms with Gasteiger partial charge in [0.15, 0.2) is 0 Å². The molecule has 1 unspecified atom stereocenters. The molecule has 0 aliphatic carbocycles. The number of anilines is 2. The Morgan fingerprint density at radius 1 is 0.972 bits per heavy atom. The molecule has 36 heavy (non-hydrogen) atoms. The fourth-order valence-electron chi connectivity index (χ4n) is 3.49. The fraction of sp³-hybridized carbons (Fsp3) is 0.120. The zero-order valence-corrected chi connectivity index (χ0v) is 20.9. The Morgan fingerprint density at radius 2 is 1.61 bits per heavy atom. The number of amides is 2. The summed E-state index contributed by atoms with van der Waals surface area (Å²) in [5, 5.41) is 12.5. The highest BCUT2D eigenvalue weighted by Gasteiger charge is 2.41. The van der Waals surface area contributed by atoms with Gasteiger partial charge in [-0.3, -0.25) is 9.59 Å². The maximum absolute atomic E-state index is 13.3. The highest BCUT2D eigenvalue weighted by atomic mass is 35.5. The summed E-state index contributed by atoms with van der Waals surface area (Å²) >= 11 is 5.92. The molecule has 0 saturated heterocycles. The Balaban J connectivity index is 1.69. The highest BCUT2D eigenvalue weighted by molar-refractivity contribution is 7.89. The molecule has 2 amide bonds. The van der Waals surface area contributed by atoms with Crippen LogP contribution in [0.3, 0.4) is 0 Å². The van der Waals surface area contributed by atoms with Crippen LogP contribution in [-0.4, -0.2) is 31.7 Å². The number of carbonyl (C=O) groups is 2. The van der Waals surface area contributed by atoms with Crippen LogP contribution in [0.1, 0.15) is 12.5 Å². The van der Waals surface area contributed by atoms with E-state index >= 15 is 0 Å². The lowest BCUT2D eigenvalue weighted by atomic mass is 9.97. The first kappa shape index (κ1) is 25.1. The molecule has 1 heterocycles. The minimum atomic E-state index is -4.11. The molecule has 0 fully saturated rings. The van der Waals surface area contributed by atoms with Crippen LogP contribution in [0.25, 0.3) is 0 Å². The Bertz CT molecular complexity index is 1450. The first-order valence-electron chi connectivity index (χ1n) is 10.8. The number of sulfonamides is 1. The van der Waals surface area contributed by atoms with E-state index in [1.165, 1.54) is 17.1 Å². The second-order valence-corrected chi connectivity index (χ2v) is 10.1. The summed E-state index contributed by atoms with van der Waals surface area (Å²) in [4.78, 5) is 28.7. The number of halogens is 1. The summed E-state index contributed by atoms with van der Waals surface area (Å²) in [5.41, 5.74) is 1.69. The zero-order chi connectivity index (χ0) is 25.9. The van der Waals surface area contributed by atoms with E-state index in [0.717, 1.165) is 5.56 Å². The highest BCUT2D eigenvalue weighted by Crippen LogP contribution is 2.25. The average molecular weight is 524 g/mol. The van der Waals surface area contributed by atoms with Gasteiger partial charge < -0.3 is 5.32 Å². The zero-order valence-electron chi connectivity index (χ0n) is 19.3. The van der Waals surface area contributed by atoms with Crippen LogP contribution < -0.4 is 15.2 Å². The molecule has 11 heteroatoms. The third-order valence-corrected chi connectivity index (χ3v) is 6.83. The average Bonchev–Trinajstić information content (AvgIpc) is 3.15. The third-order valence-electron chi connectivity index (χ3n) is 5.36. The maximum Gasteiger partial charge on any atom is 0.276 e. The molecule has 1 aliphatic rings. The van der Waals surface area contributed by atoms with Crippen molar-refractivity contribution in [3.63, 3.8) is 0 Å². The predicted molar refractivity (Wildman–Crippen MR) is 140 cm³/mol. The van der Waals surface area contributed by atoms with Crippen LogP contribution in [-0.2, 0) is 19.6 Å². The van der Waals surface area contributed by atoms with Crippen molar-refractivity contribution in [2.45, 2.75) is 18.7 Å². The van der Waals surface area contributed by atoms with E-state index in [0.29, 0.717) is 16.4 Å². The smallest absolute Gasteiger partial charge is 0.276 e. The number of nitrogens with one attached hydrogen (secondary N) is 2. The van der Waals surface area contributed by atoms with Crippen LogP contribution in [0.4, 0.5) is 11.4 Å². The number of hydrazone groups is 2. The van der Waals surface area contributed by atoms with E-state index in [1.54, 1.807) is 73.7 Å². The number of nitrogens with zero attached hydrogens (tertiary/aromatic N) is 3. The van der Waals surface area contributed by atoms with E-state index in [2.05, 4.69) is 20.4 Å². The molecule has 0 radical (unpaired) electrons. The van der Waals surface area contributed by atoms with Crippen molar-refractivity contribution in [2.24, 2.45) is 16.1 Å². The van der Waals surface area contributed by atoms with Crippen molar-refractivity contribution in [1.82, 2.24) is 4.83 Å². The van der Waals surface area contributed by atoms with Gasteiger partial charge in [-0.25, -0.2) is 0 Å². The van der Waals surface area contributed by atoms with Crippen LogP contribution in [0.15, 0.2) is 94.0 Å². The molecule has 0 aromatic heterocycles. The van der Waals surface area contributed by atoms with Gasteiger partial charge in [-0.2, -0.15) is 28.5 Å². The second kappa shape index (κ2) is 10.3. The topological polar surface area (TPSA) is 120 Å². The van der Waals surface area contributed by atoms with Crippen LogP contribution in [0.2, 0.25) is 5.02 Å². The number of rotatable bonds is 7. The van der Waals surface area contributed by atoms with Gasteiger partial charge in [0.1, 0.15) is 11.6 Å². The van der Waals surface area contributed by atoms with Crippen molar-refractivity contribution >= 4 is 56.2 Å². The van der Waals surface area contributed by atoms with Gasteiger partial charge >= 0.3 is 0 Å². The number of hydrogen-bond acceptors (Lipinski definition) is 6. The molecule has 2 N–H and O–H groups in total. The van der Waals surface area contributed by atoms with E-state index in [1.807, 2.05) is 6.92 Å². The summed E-state index contributed by atoms with van der Waals surface area (Å²) in [6.45, 7) is 3.40. The van der Waals surface area contributed by atoms with Crippen LogP contribution >= 0.6 is 11.6 Å². The Hall–Kier alpha value is -4.02. The normalized spacial score (nSPS) is 16.0. The fourth-order valence-corrected chi connectivity index (χ4v) is 4.43. The molecule has 184 valence electrons. The van der Waals surface area contributed by atoms with Gasteiger partial charge in [0, 0.05) is 10.7 Å². The SMILES string of the molecule is CC1=NN(c2ccccc2)C(=O)C1C(=NNS(=O)(=O)c1ccc(C)cc1)C(=O)Nc1ccc(Cl)cc1. The standard InChI is InChI=1S/C25H22ClN5O4S/c1-16-8-14-21(15-9-16)36(34,35)30-28-23(24(32)27-19-12-10-18(26)11-13-19)22-17(2)29-31(25(22)33)20-6-4-3-5-7-20/h3-15,22,30H,1-2H3,(H,27,32). The van der Waals surface area contributed by atoms with Gasteiger partial charge in [0.25, 0.3) is 21.8 Å². The lowest BCUT2D eigenvalue weighted by molar-refractivity contribution is -0.119. The van der Waals surface area contributed by atoms with Gasteiger partial charge in [-0.05, 0) is 62.4 Å². The summed E-state index contributed by atoms with van der Waals surface area (Å²) < 4.78 is 25.7. The van der Waals surface area contributed by atoms with Crippen LogP contribution in [0, 0.1) is 12.8 Å². The lowest BCUT2D eigenvalue weighted by Gasteiger charge is -2.16. The molecular formula is C25H22ClN5O4S. The molecule has 9 nitrogen and oxygen atoms in total. The Labute approximate surface area is 213 Å². The number of hydrogen-bond donors (Lipinski definition) is 2. The third kappa shape index (κ3) is 5.45. The first-order chi connectivity index (χ1) is 17.2. The molecule has 3 aromatic carbocycles. The molecule has 4 rings (SSSR count). The number of benzene rings is 3. The van der Waals surface area contributed by atoms with Gasteiger partial charge in [0.05, 0.1) is 16.3 Å². The van der Waals surface area contributed by atoms with E-state index in [4.69, 9.17) is 11.6 Å². The molecular weight excluding hydrogens is 502 g/mol. The van der Waals surface area contributed by atoms with E-state index < -0.39 is 27.8 Å². The van der Waals surface area contributed by atoms with Gasteiger partial charge in [0.2, 0.25) is 0 Å². The quantitative estimate of drug-likeness (QED) is 0.359. The van der Waals surface area contributed by atoms with Crippen molar-refractivity contribution in [3.8, 4) is 0 Å². The summed E-state index contributed by atoms with van der Waals surface area (Å²) in [6, 6.07) is 21.1. The number of aryl methyl sites for hydroxylation is 1. The van der Waals surface area contributed by atoms with Crippen molar-refractivity contribution in [1.29, 1.82) is 0 Å². The molecule has 3 aromatic rings. The molecule has 1 atom stereocenters. The maximum atomic E-state index is 13.3. The predicted octanol–water partition coefficient (Wildman–Crippen LogP) is 3.96. The van der Waals surface area contributed by atoms with Crippen molar-refractivity contribution < 1.29 is 18.0 Å². The minimum absolute atomic E-state index is 0.0386. The van der Waals surface area contributed by atoms with E-state index in [9.17, 15) is 18.0 Å². The van der Waals surface area contributed by atoms with Crippen molar-refractivity contribution in [3.05, 3.63) is 89.4 Å². The Morgan fingerprint density at radius 3 is 2.25 bits per heavy atom. The summed E-state index contributed by atoms with van der Waals surface area (Å²) in [6.07, 6.45) is 0. The minimum Gasteiger partial charge on any atom is -0.321 e.